The van der Waals surface area contributed by atoms with Crippen LogP contribution in [0.15, 0.2) is 42.5 Å². The molecule has 0 saturated heterocycles. The quantitative estimate of drug-likeness (QED) is 0.795. The molecule has 0 atom stereocenters. The van der Waals surface area contributed by atoms with Crippen molar-refractivity contribution >= 4 is 40.5 Å². The first-order chi connectivity index (χ1) is 10.1. The van der Waals surface area contributed by atoms with Crippen LogP contribution in [-0.4, -0.2) is 18.4 Å². The van der Waals surface area contributed by atoms with E-state index in [0.717, 1.165) is 0 Å². The molecule has 3 N–H and O–H groups in total. The molecule has 0 aliphatic carbocycles. The fourth-order valence-electron chi connectivity index (χ4n) is 2.23. The minimum Gasteiger partial charge on any atom is -0.398 e. The van der Waals surface area contributed by atoms with E-state index in [1.807, 2.05) is 6.07 Å². The van der Waals surface area contributed by atoms with Crippen molar-refractivity contribution in [1.82, 2.24) is 0 Å². The molecule has 1 aliphatic heterocycles. The molecule has 1 aliphatic rings. The van der Waals surface area contributed by atoms with Crippen LogP contribution in [0, 0.1) is 0 Å². The second-order valence-electron chi connectivity index (χ2n) is 4.69. The lowest BCUT2D eigenvalue weighted by atomic mass is 10.1. The molecule has 2 aromatic carbocycles. The minimum absolute atomic E-state index is 0.0299. The lowest BCUT2D eigenvalue weighted by molar-refractivity contribution is -0.115. The molecular formula is C15H12ClN3O2. The van der Waals surface area contributed by atoms with E-state index in [0.29, 0.717) is 27.6 Å². The Kier molecular flexibility index (Phi) is 3.27. The van der Waals surface area contributed by atoms with Crippen molar-refractivity contribution in [2.75, 3.05) is 22.5 Å². The van der Waals surface area contributed by atoms with Gasteiger partial charge in [-0.1, -0.05) is 23.7 Å². The molecular weight excluding hydrogens is 290 g/mol. The molecule has 0 fully saturated rings. The summed E-state index contributed by atoms with van der Waals surface area (Å²) in [4.78, 5) is 25.8. The third-order valence-electron chi connectivity index (χ3n) is 3.26. The van der Waals surface area contributed by atoms with Crippen molar-refractivity contribution < 1.29 is 9.59 Å². The Morgan fingerprint density at radius 2 is 2.00 bits per heavy atom. The summed E-state index contributed by atoms with van der Waals surface area (Å²) in [5.74, 6) is -0.525. The Morgan fingerprint density at radius 3 is 2.76 bits per heavy atom. The summed E-state index contributed by atoms with van der Waals surface area (Å²) in [6.07, 6.45) is 0. The van der Waals surface area contributed by atoms with Gasteiger partial charge in [-0.15, -0.1) is 0 Å². The molecule has 2 aromatic rings. The van der Waals surface area contributed by atoms with Gasteiger partial charge in [-0.25, -0.2) is 0 Å². The molecule has 0 unspecified atom stereocenters. The largest absolute Gasteiger partial charge is 0.398 e. The van der Waals surface area contributed by atoms with Crippen LogP contribution in [0.1, 0.15) is 10.4 Å². The number of carbonyl (C=O) groups excluding carboxylic acids is 2. The summed E-state index contributed by atoms with van der Waals surface area (Å²) in [6.45, 7) is -0.0299. The average molecular weight is 302 g/mol. The Morgan fingerprint density at radius 1 is 1.24 bits per heavy atom. The van der Waals surface area contributed by atoms with Gasteiger partial charge in [-0.05, 0) is 30.3 Å². The maximum Gasteiger partial charge on any atom is 0.258 e. The van der Waals surface area contributed by atoms with Gasteiger partial charge in [0.1, 0.15) is 6.54 Å². The summed E-state index contributed by atoms with van der Waals surface area (Å²) < 4.78 is 0. The second-order valence-corrected chi connectivity index (χ2v) is 5.10. The van der Waals surface area contributed by atoms with Gasteiger partial charge in [0.05, 0.1) is 22.1 Å². The number of nitrogens with zero attached hydrogens (tertiary/aromatic N) is 1. The number of fused-ring (bicyclic) bond motifs is 1. The van der Waals surface area contributed by atoms with Gasteiger partial charge in [0.2, 0.25) is 5.91 Å². The van der Waals surface area contributed by atoms with Crippen LogP contribution in [0.2, 0.25) is 5.02 Å². The predicted molar refractivity (Wildman–Crippen MR) is 82.6 cm³/mol. The van der Waals surface area contributed by atoms with Gasteiger partial charge in [-0.3, -0.25) is 14.5 Å². The first-order valence-electron chi connectivity index (χ1n) is 6.32. The number of benzene rings is 2. The number of rotatable bonds is 1. The summed E-state index contributed by atoms with van der Waals surface area (Å²) in [7, 11) is 0. The van der Waals surface area contributed by atoms with Gasteiger partial charge in [0, 0.05) is 5.56 Å². The van der Waals surface area contributed by atoms with Gasteiger partial charge in [0.15, 0.2) is 0 Å². The van der Waals surface area contributed by atoms with Crippen molar-refractivity contribution in [1.29, 1.82) is 0 Å². The molecule has 1 heterocycles. The minimum atomic E-state index is -0.292. The first-order valence-corrected chi connectivity index (χ1v) is 6.70. The van der Waals surface area contributed by atoms with Crippen LogP contribution in [0.5, 0.6) is 0 Å². The Labute approximate surface area is 126 Å². The standard InChI is InChI=1S/C15H12ClN3O2/c16-10-7-9(5-6-11(10)17)15(21)19-8-14(20)18-12-3-1-2-4-13(12)19/h1-7H,8,17H2,(H,18,20). The predicted octanol–water partition coefficient (Wildman–Crippen LogP) is 2.52. The Hall–Kier alpha value is -2.53. The van der Waals surface area contributed by atoms with E-state index in [1.54, 1.807) is 30.3 Å². The Bertz CT molecular complexity index is 745. The molecule has 21 heavy (non-hydrogen) atoms. The van der Waals surface area contributed by atoms with E-state index in [2.05, 4.69) is 5.32 Å². The number of hydrogen-bond acceptors (Lipinski definition) is 3. The van der Waals surface area contributed by atoms with Crippen molar-refractivity contribution in [2.24, 2.45) is 0 Å². The van der Waals surface area contributed by atoms with Crippen LogP contribution < -0.4 is 16.0 Å². The van der Waals surface area contributed by atoms with Gasteiger partial charge >= 0.3 is 0 Å². The molecule has 0 aromatic heterocycles. The maximum atomic E-state index is 12.6. The fourth-order valence-corrected chi connectivity index (χ4v) is 2.41. The lowest BCUT2D eigenvalue weighted by Crippen LogP contribution is -2.42. The number of nitrogen functional groups attached to an aromatic ring is 1. The van der Waals surface area contributed by atoms with E-state index in [4.69, 9.17) is 17.3 Å². The average Bonchev–Trinajstić information content (AvgIpc) is 2.48. The van der Waals surface area contributed by atoms with Crippen molar-refractivity contribution in [3.63, 3.8) is 0 Å². The maximum absolute atomic E-state index is 12.6. The molecule has 106 valence electrons. The third-order valence-corrected chi connectivity index (χ3v) is 3.59. The number of para-hydroxylation sites is 2. The summed E-state index contributed by atoms with van der Waals surface area (Å²) >= 11 is 5.95. The summed E-state index contributed by atoms with van der Waals surface area (Å²) in [6, 6.07) is 11.8. The monoisotopic (exact) mass is 301 g/mol. The van der Waals surface area contributed by atoms with E-state index in [1.165, 1.54) is 11.0 Å². The topological polar surface area (TPSA) is 75.4 Å². The molecule has 6 heteroatoms. The zero-order chi connectivity index (χ0) is 15.0. The second kappa shape index (κ2) is 5.10. The SMILES string of the molecule is Nc1ccc(C(=O)N2CC(=O)Nc3ccccc32)cc1Cl. The summed E-state index contributed by atoms with van der Waals surface area (Å²) in [5.41, 5.74) is 7.72. The van der Waals surface area contributed by atoms with Crippen LogP contribution in [-0.2, 0) is 4.79 Å². The number of nitrogens with one attached hydrogen (secondary N) is 1. The number of carbonyl (C=O) groups is 2. The molecule has 0 radical (unpaired) electrons. The van der Waals surface area contributed by atoms with Crippen LogP contribution >= 0.6 is 11.6 Å². The van der Waals surface area contributed by atoms with Gasteiger partial charge in [0.25, 0.3) is 5.91 Å². The molecule has 3 rings (SSSR count). The van der Waals surface area contributed by atoms with E-state index >= 15 is 0 Å². The number of anilines is 3. The highest BCUT2D eigenvalue weighted by atomic mass is 35.5. The number of halogens is 1. The zero-order valence-corrected chi connectivity index (χ0v) is 11.7. The molecule has 0 saturated carbocycles. The van der Waals surface area contributed by atoms with E-state index in [-0.39, 0.29) is 18.4 Å². The summed E-state index contributed by atoms with van der Waals surface area (Å²) in [5, 5.41) is 3.05. The van der Waals surface area contributed by atoms with Gasteiger partial charge in [-0.2, -0.15) is 0 Å². The van der Waals surface area contributed by atoms with Crippen molar-refractivity contribution in [3.8, 4) is 0 Å². The van der Waals surface area contributed by atoms with Crippen LogP contribution in [0.4, 0.5) is 17.1 Å². The highest BCUT2D eigenvalue weighted by molar-refractivity contribution is 6.33. The third kappa shape index (κ3) is 2.43. The Balaban J connectivity index is 2.01. The van der Waals surface area contributed by atoms with Crippen LogP contribution in [0.25, 0.3) is 0 Å². The number of nitrogens with two attached hydrogens (primary N) is 1. The molecule has 0 bridgehead atoms. The normalized spacial score (nSPS) is 13.6. The zero-order valence-electron chi connectivity index (χ0n) is 11.0. The number of hydrogen-bond donors (Lipinski definition) is 2. The fraction of sp³-hybridized carbons (Fsp3) is 0.0667. The molecule has 5 nitrogen and oxygen atoms in total. The highest BCUT2D eigenvalue weighted by Gasteiger charge is 2.27. The van der Waals surface area contributed by atoms with E-state index in [9.17, 15) is 9.59 Å². The lowest BCUT2D eigenvalue weighted by Gasteiger charge is -2.29. The highest BCUT2D eigenvalue weighted by Crippen LogP contribution is 2.30. The first kappa shape index (κ1) is 13.5. The smallest absolute Gasteiger partial charge is 0.258 e. The van der Waals surface area contributed by atoms with Gasteiger partial charge < -0.3 is 11.1 Å². The molecule has 0 spiro atoms. The van der Waals surface area contributed by atoms with Crippen molar-refractivity contribution in [3.05, 3.63) is 53.1 Å². The van der Waals surface area contributed by atoms with Crippen molar-refractivity contribution in [2.45, 2.75) is 0 Å². The molecule has 2 amide bonds. The number of amides is 2. The van der Waals surface area contributed by atoms with E-state index < -0.39 is 0 Å². The van der Waals surface area contributed by atoms with Crippen LogP contribution in [0.3, 0.4) is 0 Å².